The van der Waals surface area contributed by atoms with Crippen LogP contribution in [0.4, 0.5) is 5.69 Å². The molecule has 106 valence electrons. The van der Waals surface area contributed by atoms with Crippen molar-refractivity contribution in [2.75, 3.05) is 18.0 Å². The molecule has 0 bridgehead atoms. The van der Waals surface area contributed by atoms with Crippen molar-refractivity contribution in [3.05, 3.63) is 23.5 Å². The first-order valence-electron chi connectivity index (χ1n) is 7.65. The molecule has 1 unspecified atom stereocenters. The second-order valence-corrected chi connectivity index (χ2v) is 5.67. The quantitative estimate of drug-likeness (QED) is 0.825. The maximum atomic E-state index is 4.47. The second-order valence-electron chi connectivity index (χ2n) is 5.67. The van der Waals surface area contributed by atoms with Crippen LogP contribution in [0.2, 0.25) is 0 Å². The average molecular weight is 261 g/mol. The Labute approximate surface area is 117 Å². The lowest BCUT2D eigenvalue weighted by Crippen LogP contribution is -2.38. The summed E-state index contributed by atoms with van der Waals surface area (Å²) in [6, 6.07) is 2.91. The van der Waals surface area contributed by atoms with Crippen LogP contribution < -0.4 is 10.2 Å². The molecule has 0 amide bonds. The summed E-state index contributed by atoms with van der Waals surface area (Å²) in [5.74, 6) is 0. The summed E-state index contributed by atoms with van der Waals surface area (Å²) in [7, 11) is 0. The van der Waals surface area contributed by atoms with Crippen LogP contribution in [0.5, 0.6) is 0 Å². The molecule has 1 atom stereocenters. The Hall–Kier alpha value is -1.09. The highest BCUT2D eigenvalue weighted by Gasteiger charge is 2.21. The van der Waals surface area contributed by atoms with Crippen LogP contribution in [-0.2, 0) is 6.54 Å². The van der Waals surface area contributed by atoms with Gasteiger partial charge in [-0.15, -0.1) is 0 Å². The molecule has 1 aromatic rings. The minimum absolute atomic E-state index is 0.653. The van der Waals surface area contributed by atoms with E-state index in [9.17, 15) is 0 Å². The lowest BCUT2D eigenvalue weighted by molar-refractivity contribution is 0.482. The van der Waals surface area contributed by atoms with Gasteiger partial charge in [0.2, 0.25) is 0 Å². The minimum atomic E-state index is 0.653. The highest BCUT2D eigenvalue weighted by molar-refractivity contribution is 5.54. The van der Waals surface area contributed by atoms with Crippen molar-refractivity contribution in [1.29, 1.82) is 0 Å². The molecule has 1 fully saturated rings. The third kappa shape index (κ3) is 3.69. The zero-order chi connectivity index (χ0) is 13.7. The molecule has 1 aliphatic rings. The Morgan fingerprint density at radius 3 is 3.00 bits per heavy atom. The fourth-order valence-corrected chi connectivity index (χ4v) is 2.83. The summed E-state index contributed by atoms with van der Waals surface area (Å²) in [5, 5.41) is 3.50. The number of nitrogens with one attached hydrogen (secondary N) is 1. The van der Waals surface area contributed by atoms with Gasteiger partial charge in [0.1, 0.15) is 0 Å². The second kappa shape index (κ2) is 6.90. The lowest BCUT2D eigenvalue weighted by Gasteiger charge is -2.36. The predicted molar refractivity (Wildman–Crippen MR) is 81.6 cm³/mol. The van der Waals surface area contributed by atoms with Gasteiger partial charge in [0.15, 0.2) is 0 Å². The molecule has 0 radical (unpaired) electrons. The van der Waals surface area contributed by atoms with Crippen molar-refractivity contribution in [2.45, 2.75) is 59.0 Å². The fourth-order valence-electron chi connectivity index (χ4n) is 2.83. The smallest absolute Gasteiger partial charge is 0.0447 e. The van der Waals surface area contributed by atoms with E-state index in [2.05, 4.69) is 48.2 Å². The minimum Gasteiger partial charge on any atom is -0.368 e. The van der Waals surface area contributed by atoms with Crippen LogP contribution in [0.1, 0.15) is 50.8 Å². The number of hydrogen-bond donors (Lipinski definition) is 1. The van der Waals surface area contributed by atoms with Gasteiger partial charge in [0, 0.05) is 42.3 Å². The Kier molecular flexibility index (Phi) is 5.20. The Balaban J connectivity index is 2.18. The number of pyridine rings is 1. The highest BCUT2D eigenvalue weighted by atomic mass is 15.2. The van der Waals surface area contributed by atoms with E-state index in [1.807, 2.05) is 0 Å². The van der Waals surface area contributed by atoms with E-state index in [0.717, 1.165) is 18.8 Å². The Morgan fingerprint density at radius 1 is 1.42 bits per heavy atom. The van der Waals surface area contributed by atoms with Crippen molar-refractivity contribution < 1.29 is 0 Å². The van der Waals surface area contributed by atoms with Crippen molar-refractivity contribution in [2.24, 2.45) is 0 Å². The topological polar surface area (TPSA) is 28.2 Å². The molecule has 1 aromatic heterocycles. The largest absolute Gasteiger partial charge is 0.368 e. The molecule has 2 heterocycles. The Bertz CT molecular complexity index is 403. The highest BCUT2D eigenvalue weighted by Crippen LogP contribution is 2.28. The van der Waals surface area contributed by atoms with Crippen molar-refractivity contribution in [3.8, 4) is 0 Å². The van der Waals surface area contributed by atoms with Crippen molar-refractivity contribution >= 4 is 5.69 Å². The van der Waals surface area contributed by atoms with Gasteiger partial charge in [-0.3, -0.25) is 4.98 Å². The van der Waals surface area contributed by atoms with Crippen LogP contribution in [0.15, 0.2) is 12.3 Å². The molecule has 0 saturated carbocycles. The van der Waals surface area contributed by atoms with E-state index in [0.29, 0.717) is 6.04 Å². The normalized spacial score (nSPS) is 19.7. The Morgan fingerprint density at radius 2 is 2.26 bits per heavy atom. The number of aryl methyl sites for hydroxylation is 1. The lowest BCUT2D eigenvalue weighted by atomic mass is 10.0. The van der Waals surface area contributed by atoms with Gasteiger partial charge in [-0.05, 0) is 52.1 Å². The van der Waals surface area contributed by atoms with E-state index in [1.165, 1.54) is 43.5 Å². The summed E-state index contributed by atoms with van der Waals surface area (Å²) in [4.78, 5) is 7.04. The number of aromatic nitrogens is 1. The molecule has 2 rings (SSSR count). The number of anilines is 1. The molecule has 0 aliphatic carbocycles. The van der Waals surface area contributed by atoms with Gasteiger partial charge >= 0.3 is 0 Å². The van der Waals surface area contributed by atoms with Crippen LogP contribution in [0.3, 0.4) is 0 Å². The SMILES string of the molecule is CCCNCc1cnc(C)cc1N1CCCCC1C. The van der Waals surface area contributed by atoms with Gasteiger partial charge in [0.25, 0.3) is 0 Å². The van der Waals surface area contributed by atoms with Crippen LogP contribution in [0, 0.1) is 6.92 Å². The summed E-state index contributed by atoms with van der Waals surface area (Å²) in [5.41, 5.74) is 3.85. The number of piperidine rings is 1. The van der Waals surface area contributed by atoms with E-state index < -0.39 is 0 Å². The van der Waals surface area contributed by atoms with Crippen molar-refractivity contribution in [1.82, 2.24) is 10.3 Å². The van der Waals surface area contributed by atoms with Crippen LogP contribution in [0.25, 0.3) is 0 Å². The first kappa shape index (κ1) is 14.3. The maximum absolute atomic E-state index is 4.47. The molecule has 1 saturated heterocycles. The van der Waals surface area contributed by atoms with Gasteiger partial charge < -0.3 is 10.2 Å². The number of hydrogen-bond acceptors (Lipinski definition) is 3. The molecular formula is C16H27N3. The van der Waals surface area contributed by atoms with E-state index in [-0.39, 0.29) is 0 Å². The van der Waals surface area contributed by atoms with Gasteiger partial charge in [-0.1, -0.05) is 6.92 Å². The van der Waals surface area contributed by atoms with Gasteiger partial charge in [-0.25, -0.2) is 0 Å². The summed E-state index contributed by atoms with van der Waals surface area (Å²) < 4.78 is 0. The van der Waals surface area contributed by atoms with Crippen molar-refractivity contribution in [3.63, 3.8) is 0 Å². The molecule has 1 aliphatic heterocycles. The molecular weight excluding hydrogens is 234 g/mol. The van der Waals surface area contributed by atoms with Gasteiger partial charge in [-0.2, -0.15) is 0 Å². The summed E-state index contributed by atoms with van der Waals surface area (Å²) >= 11 is 0. The maximum Gasteiger partial charge on any atom is 0.0447 e. The monoisotopic (exact) mass is 261 g/mol. The fraction of sp³-hybridized carbons (Fsp3) is 0.688. The van der Waals surface area contributed by atoms with Gasteiger partial charge in [0.05, 0.1) is 0 Å². The molecule has 19 heavy (non-hydrogen) atoms. The van der Waals surface area contributed by atoms with Crippen LogP contribution in [-0.4, -0.2) is 24.1 Å². The predicted octanol–water partition coefficient (Wildman–Crippen LogP) is 3.27. The third-order valence-electron chi connectivity index (χ3n) is 3.95. The molecule has 3 nitrogen and oxygen atoms in total. The summed E-state index contributed by atoms with van der Waals surface area (Å²) in [6.45, 7) is 9.82. The molecule has 3 heteroatoms. The molecule has 1 N–H and O–H groups in total. The molecule has 0 aromatic carbocycles. The zero-order valence-electron chi connectivity index (χ0n) is 12.6. The number of nitrogens with zero attached hydrogens (tertiary/aromatic N) is 2. The van der Waals surface area contributed by atoms with Crippen LogP contribution >= 0.6 is 0 Å². The summed E-state index contributed by atoms with van der Waals surface area (Å²) in [6.07, 6.45) is 7.21. The van der Waals surface area contributed by atoms with E-state index >= 15 is 0 Å². The zero-order valence-corrected chi connectivity index (χ0v) is 12.6. The average Bonchev–Trinajstić information content (AvgIpc) is 2.41. The third-order valence-corrected chi connectivity index (χ3v) is 3.95. The van der Waals surface area contributed by atoms with E-state index in [1.54, 1.807) is 0 Å². The standard InChI is InChI=1S/C16H27N3/c1-4-8-17-11-15-12-18-13(2)10-16(15)19-9-6-5-7-14(19)3/h10,12,14,17H,4-9,11H2,1-3H3. The number of rotatable bonds is 5. The van der Waals surface area contributed by atoms with E-state index in [4.69, 9.17) is 0 Å². The molecule has 0 spiro atoms. The first-order valence-corrected chi connectivity index (χ1v) is 7.65. The first-order chi connectivity index (χ1) is 9.22.